The molecule has 1 saturated heterocycles. The van der Waals surface area contributed by atoms with Crippen LogP contribution in [0.2, 0.25) is 0 Å². The molecule has 1 aromatic carbocycles. The summed E-state index contributed by atoms with van der Waals surface area (Å²) in [5, 5.41) is 2.95. The number of hydrogen-bond acceptors (Lipinski definition) is 3. The van der Waals surface area contributed by atoms with Crippen LogP contribution >= 0.6 is 0 Å². The summed E-state index contributed by atoms with van der Waals surface area (Å²) in [5.41, 5.74) is 0.721. The lowest BCUT2D eigenvalue weighted by Gasteiger charge is -2.28. The second-order valence-electron chi connectivity index (χ2n) is 7.21. The molecule has 2 amide bonds. The van der Waals surface area contributed by atoms with Gasteiger partial charge in [-0.25, -0.2) is 4.79 Å². The van der Waals surface area contributed by atoms with Gasteiger partial charge in [-0.15, -0.1) is 0 Å². The molecule has 2 rings (SSSR count). The van der Waals surface area contributed by atoms with E-state index in [4.69, 9.17) is 4.74 Å². The molecule has 24 heavy (non-hydrogen) atoms. The Labute approximate surface area is 144 Å². The van der Waals surface area contributed by atoms with Gasteiger partial charge in [0.2, 0.25) is 5.91 Å². The second-order valence-corrected chi connectivity index (χ2v) is 7.21. The molecule has 0 aromatic heterocycles. The molecule has 1 aromatic rings. The number of nitrogens with one attached hydrogen (secondary N) is 1. The van der Waals surface area contributed by atoms with E-state index < -0.39 is 17.7 Å². The smallest absolute Gasteiger partial charge is 0.410 e. The van der Waals surface area contributed by atoms with Crippen LogP contribution in [0.3, 0.4) is 0 Å². The van der Waals surface area contributed by atoms with Gasteiger partial charge in [-0.2, -0.15) is 0 Å². The number of hydrogen-bond donors (Lipinski definition) is 1. The Morgan fingerprint density at radius 3 is 2.62 bits per heavy atom. The first kappa shape index (κ1) is 18.3. The third kappa shape index (κ3) is 5.55. The van der Waals surface area contributed by atoms with Crippen LogP contribution in [0.4, 0.5) is 4.79 Å². The van der Waals surface area contributed by atoms with Crippen molar-refractivity contribution in [3.63, 3.8) is 0 Å². The summed E-state index contributed by atoms with van der Waals surface area (Å²) >= 11 is 0. The molecule has 0 aliphatic carbocycles. The van der Waals surface area contributed by atoms with Crippen LogP contribution < -0.4 is 5.32 Å². The molecule has 1 heterocycles. The number of ether oxygens (including phenoxy) is 1. The average Bonchev–Trinajstić information content (AvgIpc) is 3.00. The van der Waals surface area contributed by atoms with Gasteiger partial charge >= 0.3 is 6.09 Å². The highest BCUT2D eigenvalue weighted by atomic mass is 16.6. The molecular formula is C19H28N2O3. The molecule has 0 spiro atoms. The highest BCUT2D eigenvalue weighted by molar-refractivity contribution is 5.86. The van der Waals surface area contributed by atoms with Crippen LogP contribution in [0.5, 0.6) is 0 Å². The first-order valence-corrected chi connectivity index (χ1v) is 8.68. The highest BCUT2D eigenvalue weighted by Crippen LogP contribution is 2.21. The number of benzene rings is 1. The second kappa shape index (κ2) is 8.18. The van der Waals surface area contributed by atoms with Gasteiger partial charge < -0.3 is 10.1 Å². The largest absolute Gasteiger partial charge is 0.444 e. The van der Waals surface area contributed by atoms with E-state index in [1.165, 1.54) is 5.56 Å². The van der Waals surface area contributed by atoms with Crippen molar-refractivity contribution in [2.45, 2.75) is 58.1 Å². The molecule has 1 aliphatic heterocycles. The minimum atomic E-state index is -0.545. The summed E-state index contributed by atoms with van der Waals surface area (Å²) < 4.78 is 5.39. The van der Waals surface area contributed by atoms with Gasteiger partial charge in [-0.05, 0) is 52.0 Å². The van der Waals surface area contributed by atoms with E-state index in [0.29, 0.717) is 19.5 Å². The fraction of sp³-hybridized carbons (Fsp3) is 0.579. The van der Waals surface area contributed by atoms with Crippen molar-refractivity contribution in [1.82, 2.24) is 10.2 Å². The number of carbonyl (C=O) groups excluding carboxylic acids is 2. The quantitative estimate of drug-likeness (QED) is 0.843. The normalized spacial score (nSPS) is 17.6. The Morgan fingerprint density at radius 2 is 1.96 bits per heavy atom. The number of likely N-dealkylation sites (tertiary alicyclic amines) is 1. The molecule has 0 bridgehead atoms. The van der Waals surface area contributed by atoms with E-state index in [9.17, 15) is 9.59 Å². The van der Waals surface area contributed by atoms with Crippen molar-refractivity contribution < 1.29 is 14.3 Å². The van der Waals surface area contributed by atoms with Gasteiger partial charge in [-0.3, -0.25) is 9.69 Å². The predicted molar refractivity (Wildman–Crippen MR) is 93.7 cm³/mol. The molecule has 1 atom stereocenters. The summed E-state index contributed by atoms with van der Waals surface area (Å²) in [6.45, 7) is 6.70. The van der Waals surface area contributed by atoms with Gasteiger partial charge in [0, 0.05) is 13.1 Å². The molecule has 5 heteroatoms. The van der Waals surface area contributed by atoms with Gasteiger partial charge in [0.25, 0.3) is 0 Å². The zero-order valence-electron chi connectivity index (χ0n) is 14.9. The Bertz CT molecular complexity index is 551. The van der Waals surface area contributed by atoms with Crippen molar-refractivity contribution in [3.05, 3.63) is 35.9 Å². The molecule has 0 saturated carbocycles. The van der Waals surface area contributed by atoms with Crippen molar-refractivity contribution in [1.29, 1.82) is 0 Å². The number of nitrogens with zero attached hydrogens (tertiary/aromatic N) is 1. The van der Waals surface area contributed by atoms with E-state index in [1.807, 2.05) is 39.0 Å². The Hall–Kier alpha value is -2.04. The molecule has 1 aliphatic rings. The van der Waals surface area contributed by atoms with Crippen molar-refractivity contribution in [3.8, 4) is 0 Å². The average molecular weight is 332 g/mol. The van der Waals surface area contributed by atoms with Crippen molar-refractivity contribution >= 4 is 12.0 Å². The minimum Gasteiger partial charge on any atom is -0.444 e. The van der Waals surface area contributed by atoms with Crippen molar-refractivity contribution in [2.75, 3.05) is 13.1 Å². The first-order chi connectivity index (χ1) is 11.4. The Balaban J connectivity index is 1.77. The number of amides is 2. The molecule has 5 nitrogen and oxygen atoms in total. The van der Waals surface area contributed by atoms with Crippen LogP contribution in [-0.4, -0.2) is 41.6 Å². The molecule has 0 unspecified atom stereocenters. The van der Waals surface area contributed by atoms with Crippen LogP contribution in [0, 0.1) is 0 Å². The summed E-state index contributed by atoms with van der Waals surface area (Å²) in [7, 11) is 0. The zero-order chi connectivity index (χ0) is 17.6. The summed E-state index contributed by atoms with van der Waals surface area (Å²) in [6, 6.07) is 9.80. The number of rotatable bonds is 5. The molecule has 1 fully saturated rings. The van der Waals surface area contributed by atoms with Crippen molar-refractivity contribution in [2.24, 2.45) is 0 Å². The van der Waals surface area contributed by atoms with Gasteiger partial charge in [-0.1, -0.05) is 30.3 Å². The van der Waals surface area contributed by atoms with Crippen LogP contribution in [0.15, 0.2) is 30.3 Å². The molecule has 0 radical (unpaired) electrons. The topological polar surface area (TPSA) is 58.6 Å². The lowest BCUT2D eigenvalue weighted by molar-refractivity contribution is -0.125. The standard InChI is InChI=1S/C19H28N2O3/c1-19(2,3)24-18(23)21-14-8-12-16(21)17(22)20-13-7-11-15-9-5-4-6-10-15/h4-6,9-10,16H,7-8,11-14H2,1-3H3,(H,20,22)/t16-/m1/s1. The summed E-state index contributed by atoms with van der Waals surface area (Å²) in [5.74, 6) is -0.0774. The monoisotopic (exact) mass is 332 g/mol. The van der Waals surface area contributed by atoms with Crippen LogP contribution in [0.25, 0.3) is 0 Å². The highest BCUT2D eigenvalue weighted by Gasteiger charge is 2.36. The molecular weight excluding hydrogens is 304 g/mol. The summed E-state index contributed by atoms with van der Waals surface area (Å²) in [4.78, 5) is 26.1. The fourth-order valence-electron chi connectivity index (χ4n) is 2.84. The lowest BCUT2D eigenvalue weighted by Crippen LogP contribution is -2.47. The van der Waals surface area contributed by atoms with E-state index in [0.717, 1.165) is 19.3 Å². The van der Waals surface area contributed by atoms with E-state index in [1.54, 1.807) is 4.90 Å². The first-order valence-electron chi connectivity index (χ1n) is 8.68. The van der Waals surface area contributed by atoms with Gasteiger partial charge in [0.1, 0.15) is 11.6 Å². The Morgan fingerprint density at radius 1 is 1.25 bits per heavy atom. The third-order valence-corrected chi connectivity index (χ3v) is 3.97. The molecule has 1 N–H and O–H groups in total. The number of aryl methyl sites for hydroxylation is 1. The predicted octanol–water partition coefficient (Wildman–Crippen LogP) is 3.13. The van der Waals surface area contributed by atoms with Gasteiger partial charge in [0.05, 0.1) is 0 Å². The fourth-order valence-corrected chi connectivity index (χ4v) is 2.84. The minimum absolute atomic E-state index is 0.0774. The number of carbonyl (C=O) groups is 2. The summed E-state index contributed by atoms with van der Waals surface area (Å²) in [6.07, 6.45) is 2.95. The van der Waals surface area contributed by atoms with E-state index in [-0.39, 0.29) is 5.91 Å². The maximum Gasteiger partial charge on any atom is 0.410 e. The van der Waals surface area contributed by atoms with E-state index in [2.05, 4.69) is 17.4 Å². The van der Waals surface area contributed by atoms with E-state index >= 15 is 0 Å². The maximum absolute atomic E-state index is 12.4. The maximum atomic E-state index is 12.4. The lowest BCUT2D eigenvalue weighted by atomic mass is 10.1. The van der Waals surface area contributed by atoms with Gasteiger partial charge in [0.15, 0.2) is 0 Å². The zero-order valence-corrected chi connectivity index (χ0v) is 14.9. The van der Waals surface area contributed by atoms with Crippen LogP contribution in [0.1, 0.15) is 45.6 Å². The third-order valence-electron chi connectivity index (χ3n) is 3.97. The Kier molecular flexibility index (Phi) is 6.23. The van der Waals surface area contributed by atoms with Crippen LogP contribution in [-0.2, 0) is 16.0 Å². The SMILES string of the molecule is CC(C)(C)OC(=O)N1CCC[C@@H]1C(=O)NCCCc1ccccc1. The molecule has 132 valence electrons.